The average Bonchev–Trinajstić information content (AvgIpc) is 2.38. The molecule has 120 valence electrons. The van der Waals surface area contributed by atoms with Crippen molar-refractivity contribution in [2.45, 2.75) is 39.0 Å². The van der Waals surface area contributed by atoms with Gasteiger partial charge in [-0.05, 0) is 32.9 Å². The van der Waals surface area contributed by atoms with E-state index < -0.39 is 12.2 Å². The lowest BCUT2D eigenvalue weighted by molar-refractivity contribution is 0.0366. The minimum atomic E-state index is -0.679. The summed E-state index contributed by atoms with van der Waals surface area (Å²) in [6, 6.07) is 5.17. The maximum Gasteiger partial charge on any atom is 0.139 e. The molecule has 0 aliphatic rings. The van der Waals surface area contributed by atoms with Crippen LogP contribution in [0.1, 0.15) is 20.8 Å². The molecular formula is C15H23Cl2NO3. The second kappa shape index (κ2) is 8.81. The Morgan fingerprint density at radius 1 is 1.14 bits per heavy atom. The Hall–Kier alpha value is -0.520. The van der Waals surface area contributed by atoms with Gasteiger partial charge < -0.3 is 14.9 Å². The summed E-state index contributed by atoms with van der Waals surface area (Å²) in [4.78, 5) is 2.00. The van der Waals surface area contributed by atoms with Crippen molar-refractivity contribution in [3.05, 3.63) is 28.2 Å². The zero-order valence-corrected chi connectivity index (χ0v) is 14.1. The van der Waals surface area contributed by atoms with Crippen LogP contribution in [0.3, 0.4) is 0 Å². The van der Waals surface area contributed by atoms with E-state index in [-0.39, 0.29) is 12.6 Å². The lowest BCUT2D eigenvalue weighted by atomic mass is 10.2. The van der Waals surface area contributed by atoms with Gasteiger partial charge in [-0.3, -0.25) is 4.90 Å². The van der Waals surface area contributed by atoms with Crippen LogP contribution in [0.25, 0.3) is 0 Å². The van der Waals surface area contributed by atoms with E-state index in [0.29, 0.717) is 28.9 Å². The van der Waals surface area contributed by atoms with Gasteiger partial charge in [0.2, 0.25) is 0 Å². The van der Waals surface area contributed by atoms with Crippen LogP contribution in [0.4, 0.5) is 0 Å². The molecular weight excluding hydrogens is 313 g/mol. The maximum atomic E-state index is 10.1. The Morgan fingerprint density at radius 3 is 2.38 bits per heavy atom. The second-order valence-electron chi connectivity index (χ2n) is 5.44. The highest BCUT2D eigenvalue weighted by Crippen LogP contribution is 2.27. The third-order valence-corrected chi connectivity index (χ3v) is 3.55. The quantitative estimate of drug-likeness (QED) is 0.767. The number of aliphatic hydroxyl groups is 2. The molecule has 0 saturated carbocycles. The number of halogens is 2. The number of nitrogens with zero attached hydrogens (tertiary/aromatic N) is 1. The van der Waals surface area contributed by atoms with Crippen LogP contribution >= 0.6 is 23.2 Å². The monoisotopic (exact) mass is 335 g/mol. The van der Waals surface area contributed by atoms with E-state index in [1.807, 2.05) is 18.7 Å². The van der Waals surface area contributed by atoms with Gasteiger partial charge in [-0.1, -0.05) is 23.2 Å². The van der Waals surface area contributed by atoms with Gasteiger partial charge in [-0.15, -0.1) is 0 Å². The topological polar surface area (TPSA) is 52.9 Å². The van der Waals surface area contributed by atoms with E-state index >= 15 is 0 Å². The molecule has 1 aromatic rings. The van der Waals surface area contributed by atoms with Gasteiger partial charge >= 0.3 is 0 Å². The molecule has 0 heterocycles. The Labute approximate surface area is 136 Å². The van der Waals surface area contributed by atoms with Crippen LogP contribution < -0.4 is 4.74 Å². The zero-order chi connectivity index (χ0) is 16.0. The largest absolute Gasteiger partial charge is 0.489 e. The Morgan fingerprint density at radius 2 is 1.81 bits per heavy atom. The van der Waals surface area contributed by atoms with Crippen molar-refractivity contribution in [1.82, 2.24) is 4.90 Å². The smallest absolute Gasteiger partial charge is 0.139 e. The number of rotatable bonds is 8. The summed E-state index contributed by atoms with van der Waals surface area (Å²) in [5.74, 6) is 0.454. The fourth-order valence-corrected chi connectivity index (χ4v) is 2.27. The summed E-state index contributed by atoms with van der Waals surface area (Å²) in [6.07, 6.45) is -1.12. The SMILES string of the molecule is CC(O)CN(CC(O)COc1cc(Cl)ccc1Cl)C(C)C. The van der Waals surface area contributed by atoms with Crippen LogP contribution in [0.5, 0.6) is 5.75 Å². The molecule has 0 aromatic heterocycles. The number of hydrogen-bond acceptors (Lipinski definition) is 4. The summed E-state index contributed by atoms with van der Waals surface area (Å²) in [7, 11) is 0. The molecule has 0 saturated heterocycles. The first kappa shape index (κ1) is 18.5. The fourth-order valence-electron chi connectivity index (χ4n) is 1.93. The molecule has 2 atom stereocenters. The van der Waals surface area contributed by atoms with E-state index in [1.165, 1.54) is 0 Å². The minimum absolute atomic E-state index is 0.114. The van der Waals surface area contributed by atoms with Crippen molar-refractivity contribution in [1.29, 1.82) is 0 Å². The molecule has 0 bridgehead atoms. The van der Waals surface area contributed by atoms with Gasteiger partial charge in [0, 0.05) is 30.2 Å². The van der Waals surface area contributed by atoms with Crippen LogP contribution in [-0.2, 0) is 0 Å². The minimum Gasteiger partial charge on any atom is -0.489 e. The molecule has 6 heteroatoms. The molecule has 1 aromatic carbocycles. The highest BCUT2D eigenvalue weighted by Gasteiger charge is 2.17. The first-order valence-electron chi connectivity index (χ1n) is 6.97. The fraction of sp³-hybridized carbons (Fsp3) is 0.600. The van der Waals surface area contributed by atoms with E-state index in [2.05, 4.69) is 0 Å². The summed E-state index contributed by atoms with van der Waals surface area (Å²) in [6.45, 7) is 6.80. The summed E-state index contributed by atoms with van der Waals surface area (Å²) >= 11 is 11.9. The maximum absolute atomic E-state index is 10.1. The lowest BCUT2D eigenvalue weighted by Crippen LogP contribution is -2.43. The van der Waals surface area contributed by atoms with E-state index in [1.54, 1.807) is 25.1 Å². The first-order valence-corrected chi connectivity index (χ1v) is 7.73. The predicted molar refractivity (Wildman–Crippen MR) is 86.4 cm³/mol. The third kappa shape index (κ3) is 6.85. The second-order valence-corrected chi connectivity index (χ2v) is 6.28. The van der Waals surface area contributed by atoms with Crippen molar-refractivity contribution >= 4 is 23.2 Å². The Bertz CT molecular complexity index is 441. The Balaban J connectivity index is 2.52. The molecule has 4 nitrogen and oxygen atoms in total. The highest BCUT2D eigenvalue weighted by molar-refractivity contribution is 6.34. The van der Waals surface area contributed by atoms with Crippen molar-refractivity contribution in [2.24, 2.45) is 0 Å². The number of ether oxygens (including phenoxy) is 1. The summed E-state index contributed by atoms with van der Waals surface area (Å²) in [5, 5.41) is 20.5. The summed E-state index contributed by atoms with van der Waals surface area (Å²) in [5.41, 5.74) is 0. The molecule has 2 N–H and O–H groups in total. The van der Waals surface area contributed by atoms with Crippen LogP contribution in [-0.4, -0.2) is 53.1 Å². The summed E-state index contributed by atoms with van der Waals surface area (Å²) < 4.78 is 5.51. The van der Waals surface area contributed by atoms with Crippen LogP contribution in [0.2, 0.25) is 10.0 Å². The van der Waals surface area contributed by atoms with Crippen molar-refractivity contribution in [3.8, 4) is 5.75 Å². The Kier molecular flexibility index (Phi) is 7.77. The van der Waals surface area contributed by atoms with Gasteiger partial charge in [0.05, 0.1) is 11.1 Å². The normalized spacial score (nSPS) is 14.5. The van der Waals surface area contributed by atoms with E-state index in [9.17, 15) is 10.2 Å². The van der Waals surface area contributed by atoms with Gasteiger partial charge in [0.1, 0.15) is 18.5 Å². The highest BCUT2D eigenvalue weighted by atomic mass is 35.5. The predicted octanol–water partition coefficient (Wildman–Crippen LogP) is 2.82. The van der Waals surface area contributed by atoms with Crippen molar-refractivity contribution in [3.63, 3.8) is 0 Å². The van der Waals surface area contributed by atoms with Gasteiger partial charge in [-0.2, -0.15) is 0 Å². The van der Waals surface area contributed by atoms with Crippen molar-refractivity contribution < 1.29 is 14.9 Å². The third-order valence-electron chi connectivity index (χ3n) is 3.00. The molecule has 1 rings (SSSR count). The van der Waals surface area contributed by atoms with E-state index in [4.69, 9.17) is 27.9 Å². The molecule has 2 unspecified atom stereocenters. The molecule has 21 heavy (non-hydrogen) atoms. The van der Waals surface area contributed by atoms with Crippen LogP contribution in [0.15, 0.2) is 18.2 Å². The molecule has 0 aliphatic heterocycles. The molecule has 0 amide bonds. The van der Waals surface area contributed by atoms with E-state index in [0.717, 1.165) is 0 Å². The van der Waals surface area contributed by atoms with Gasteiger partial charge in [-0.25, -0.2) is 0 Å². The van der Waals surface area contributed by atoms with Gasteiger partial charge in [0.15, 0.2) is 0 Å². The number of benzene rings is 1. The van der Waals surface area contributed by atoms with Crippen LogP contribution in [0, 0.1) is 0 Å². The number of aliphatic hydroxyl groups excluding tert-OH is 2. The van der Waals surface area contributed by atoms with Crippen molar-refractivity contribution in [2.75, 3.05) is 19.7 Å². The zero-order valence-electron chi connectivity index (χ0n) is 12.6. The van der Waals surface area contributed by atoms with Gasteiger partial charge in [0.25, 0.3) is 0 Å². The molecule has 0 radical (unpaired) electrons. The average molecular weight is 336 g/mol. The molecule has 0 aliphatic carbocycles. The molecule has 0 spiro atoms. The number of hydrogen-bond donors (Lipinski definition) is 2. The lowest BCUT2D eigenvalue weighted by Gasteiger charge is -2.29. The standard InChI is InChI=1S/C15H23Cl2NO3/c1-10(2)18(7-11(3)19)8-13(20)9-21-15-6-12(16)4-5-14(15)17/h4-6,10-11,13,19-20H,7-9H2,1-3H3. The first-order chi connectivity index (χ1) is 9.79. The molecule has 0 fully saturated rings.